The standard InChI is InChI=1S/C23H32N6O/c1-3-4-13-25-23-26-15-20-21(17-7-5-16(6-8-17)14-24-2)27-22(29(20)28-23)18-9-11-19(30)12-10-18/h5-8,15,18-19,24,30H,3-4,9-14H2,1-2H3,(H,25,28). The summed E-state index contributed by atoms with van der Waals surface area (Å²) in [6.07, 6.45) is 7.42. The summed E-state index contributed by atoms with van der Waals surface area (Å²) in [5.74, 6) is 1.92. The van der Waals surface area contributed by atoms with Gasteiger partial charge in [-0.3, -0.25) is 0 Å². The van der Waals surface area contributed by atoms with Crippen LogP contribution in [0.5, 0.6) is 0 Å². The molecule has 0 aliphatic heterocycles. The Morgan fingerprint density at radius 1 is 1.13 bits per heavy atom. The summed E-state index contributed by atoms with van der Waals surface area (Å²) in [5, 5.41) is 21.2. The van der Waals surface area contributed by atoms with Crippen LogP contribution in [0.25, 0.3) is 16.8 Å². The van der Waals surface area contributed by atoms with Gasteiger partial charge in [-0.05, 0) is 44.7 Å². The molecule has 2 aromatic heterocycles. The van der Waals surface area contributed by atoms with Crippen LogP contribution in [0.1, 0.15) is 62.8 Å². The molecule has 0 spiro atoms. The van der Waals surface area contributed by atoms with Crippen molar-refractivity contribution in [3.8, 4) is 11.3 Å². The Labute approximate surface area is 178 Å². The first kappa shape index (κ1) is 20.8. The highest BCUT2D eigenvalue weighted by Crippen LogP contribution is 2.35. The number of hydrogen-bond donors (Lipinski definition) is 3. The Morgan fingerprint density at radius 3 is 2.60 bits per heavy atom. The van der Waals surface area contributed by atoms with Crippen LogP contribution in [0.15, 0.2) is 30.5 Å². The number of imidazole rings is 1. The summed E-state index contributed by atoms with van der Waals surface area (Å²) in [6.45, 7) is 3.88. The molecular formula is C23H32N6O. The number of aromatic nitrogens is 4. The highest BCUT2D eigenvalue weighted by molar-refractivity contribution is 5.77. The van der Waals surface area contributed by atoms with Crippen LogP contribution in [0.2, 0.25) is 0 Å². The lowest BCUT2D eigenvalue weighted by Crippen LogP contribution is -2.19. The molecule has 160 valence electrons. The molecule has 0 atom stereocenters. The predicted molar refractivity (Wildman–Crippen MR) is 120 cm³/mol. The molecule has 7 heteroatoms. The lowest BCUT2D eigenvalue weighted by atomic mass is 9.87. The topological polar surface area (TPSA) is 87.4 Å². The van der Waals surface area contributed by atoms with E-state index in [9.17, 15) is 5.11 Å². The van der Waals surface area contributed by atoms with Gasteiger partial charge < -0.3 is 15.7 Å². The van der Waals surface area contributed by atoms with E-state index in [4.69, 9.17) is 10.1 Å². The lowest BCUT2D eigenvalue weighted by Gasteiger charge is -2.24. The maximum absolute atomic E-state index is 9.94. The Hall–Kier alpha value is -2.51. The fourth-order valence-electron chi connectivity index (χ4n) is 4.16. The van der Waals surface area contributed by atoms with Crippen LogP contribution in [0, 0.1) is 0 Å². The molecule has 4 rings (SSSR count). The fraction of sp³-hybridized carbons (Fsp3) is 0.522. The summed E-state index contributed by atoms with van der Waals surface area (Å²) in [4.78, 5) is 9.61. The van der Waals surface area contributed by atoms with Gasteiger partial charge in [0, 0.05) is 24.6 Å². The van der Waals surface area contributed by atoms with E-state index in [2.05, 4.69) is 46.8 Å². The van der Waals surface area contributed by atoms with E-state index < -0.39 is 0 Å². The van der Waals surface area contributed by atoms with Gasteiger partial charge in [0.15, 0.2) is 0 Å². The molecule has 0 radical (unpaired) electrons. The second-order valence-corrected chi connectivity index (χ2v) is 8.21. The number of fused-ring (bicyclic) bond motifs is 1. The van der Waals surface area contributed by atoms with Crippen molar-refractivity contribution in [2.24, 2.45) is 0 Å². The van der Waals surface area contributed by atoms with Gasteiger partial charge in [-0.2, -0.15) is 0 Å². The van der Waals surface area contributed by atoms with Crippen LogP contribution in [-0.4, -0.2) is 44.4 Å². The van der Waals surface area contributed by atoms with Gasteiger partial charge in [-0.15, -0.1) is 5.10 Å². The minimum absolute atomic E-state index is 0.187. The summed E-state index contributed by atoms with van der Waals surface area (Å²) in [6, 6.07) is 8.51. The maximum atomic E-state index is 9.94. The van der Waals surface area contributed by atoms with Gasteiger partial charge >= 0.3 is 0 Å². The van der Waals surface area contributed by atoms with Gasteiger partial charge in [0.1, 0.15) is 11.3 Å². The zero-order valence-electron chi connectivity index (χ0n) is 17.9. The average molecular weight is 409 g/mol. The third kappa shape index (κ3) is 4.47. The second-order valence-electron chi connectivity index (χ2n) is 8.21. The molecule has 7 nitrogen and oxygen atoms in total. The van der Waals surface area contributed by atoms with Crippen LogP contribution in [0.3, 0.4) is 0 Å². The molecule has 30 heavy (non-hydrogen) atoms. The largest absolute Gasteiger partial charge is 0.393 e. The number of aliphatic hydroxyl groups excluding tert-OH is 1. The van der Waals surface area contributed by atoms with E-state index in [1.807, 2.05) is 17.8 Å². The number of nitrogens with zero attached hydrogens (tertiary/aromatic N) is 4. The molecule has 0 saturated heterocycles. The quantitative estimate of drug-likeness (QED) is 0.492. The predicted octanol–water partition coefficient (Wildman–Crippen LogP) is 3.74. The summed E-state index contributed by atoms with van der Waals surface area (Å²) in [7, 11) is 1.95. The van der Waals surface area contributed by atoms with Crippen molar-refractivity contribution < 1.29 is 5.11 Å². The van der Waals surface area contributed by atoms with Crippen molar-refractivity contribution in [1.29, 1.82) is 0 Å². The highest BCUT2D eigenvalue weighted by atomic mass is 16.3. The molecule has 1 aliphatic rings. The van der Waals surface area contributed by atoms with E-state index in [1.165, 1.54) is 5.56 Å². The molecule has 3 aromatic rings. The minimum Gasteiger partial charge on any atom is -0.393 e. The van der Waals surface area contributed by atoms with E-state index in [-0.39, 0.29) is 6.10 Å². The van der Waals surface area contributed by atoms with Crippen LogP contribution >= 0.6 is 0 Å². The first-order valence-electron chi connectivity index (χ1n) is 11.1. The normalized spacial score (nSPS) is 19.3. The molecule has 1 aliphatic carbocycles. The molecule has 0 bridgehead atoms. The van der Waals surface area contributed by atoms with E-state index in [1.54, 1.807) is 0 Å². The Morgan fingerprint density at radius 2 is 1.90 bits per heavy atom. The van der Waals surface area contributed by atoms with Crippen molar-refractivity contribution >= 4 is 11.5 Å². The zero-order valence-corrected chi connectivity index (χ0v) is 17.9. The fourth-order valence-corrected chi connectivity index (χ4v) is 4.16. The van der Waals surface area contributed by atoms with E-state index in [0.717, 1.165) is 74.2 Å². The smallest absolute Gasteiger partial charge is 0.241 e. The Kier molecular flexibility index (Phi) is 6.59. The summed E-state index contributed by atoms with van der Waals surface area (Å²) < 4.78 is 1.97. The zero-order chi connectivity index (χ0) is 20.9. The molecule has 3 N–H and O–H groups in total. The molecule has 1 fully saturated rings. The number of aliphatic hydroxyl groups is 1. The van der Waals surface area contributed by atoms with Crippen molar-refractivity contribution in [2.75, 3.05) is 18.9 Å². The summed E-state index contributed by atoms with van der Waals surface area (Å²) in [5.41, 5.74) is 4.17. The first-order valence-corrected chi connectivity index (χ1v) is 11.1. The number of hydrogen-bond acceptors (Lipinski definition) is 6. The van der Waals surface area contributed by atoms with Gasteiger partial charge in [0.2, 0.25) is 5.95 Å². The van der Waals surface area contributed by atoms with Gasteiger partial charge in [0.05, 0.1) is 18.0 Å². The number of unbranched alkanes of at least 4 members (excludes halogenated alkanes) is 1. The van der Waals surface area contributed by atoms with E-state index >= 15 is 0 Å². The van der Waals surface area contributed by atoms with Crippen molar-refractivity contribution in [3.63, 3.8) is 0 Å². The molecule has 0 unspecified atom stereocenters. The lowest BCUT2D eigenvalue weighted by molar-refractivity contribution is 0.121. The average Bonchev–Trinajstić information content (AvgIpc) is 3.14. The van der Waals surface area contributed by atoms with Crippen LogP contribution in [0.4, 0.5) is 5.95 Å². The second kappa shape index (κ2) is 9.53. The van der Waals surface area contributed by atoms with Gasteiger partial charge in [-0.25, -0.2) is 14.5 Å². The first-order chi connectivity index (χ1) is 14.7. The molecule has 0 amide bonds. The number of anilines is 1. The monoisotopic (exact) mass is 408 g/mol. The third-order valence-corrected chi connectivity index (χ3v) is 5.90. The van der Waals surface area contributed by atoms with Crippen molar-refractivity contribution in [3.05, 3.63) is 41.9 Å². The molecular weight excluding hydrogens is 376 g/mol. The highest BCUT2D eigenvalue weighted by Gasteiger charge is 2.27. The SMILES string of the molecule is CCCCNc1ncc2c(-c3ccc(CNC)cc3)nc(C3CCC(O)CC3)n2n1. The van der Waals surface area contributed by atoms with Crippen molar-refractivity contribution in [2.45, 2.75) is 64.0 Å². The van der Waals surface area contributed by atoms with Crippen molar-refractivity contribution in [1.82, 2.24) is 24.9 Å². The summed E-state index contributed by atoms with van der Waals surface area (Å²) >= 11 is 0. The minimum atomic E-state index is -0.187. The maximum Gasteiger partial charge on any atom is 0.241 e. The molecule has 2 heterocycles. The van der Waals surface area contributed by atoms with Gasteiger partial charge in [0.25, 0.3) is 0 Å². The Bertz CT molecular complexity index is 960. The third-order valence-electron chi connectivity index (χ3n) is 5.90. The molecule has 1 saturated carbocycles. The van der Waals surface area contributed by atoms with Crippen LogP contribution in [-0.2, 0) is 6.54 Å². The number of benzene rings is 1. The number of rotatable bonds is 8. The van der Waals surface area contributed by atoms with Gasteiger partial charge in [-0.1, -0.05) is 37.6 Å². The molecule has 1 aromatic carbocycles. The number of nitrogens with one attached hydrogen (secondary N) is 2. The Balaban J connectivity index is 1.72. The van der Waals surface area contributed by atoms with Crippen LogP contribution < -0.4 is 10.6 Å². The van der Waals surface area contributed by atoms with E-state index in [0.29, 0.717) is 11.9 Å².